The molecular weight excluding hydrogens is 335 g/mol. The van der Waals surface area contributed by atoms with Crippen LogP contribution in [-0.4, -0.2) is 16.7 Å². The Bertz CT molecular complexity index is 792. The van der Waals surface area contributed by atoms with Crippen LogP contribution < -0.4 is 5.32 Å². The van der Waals surface area contributed by atoms with E-state index in [0.717, 1.165) is 12.0 Å². The van der Waals surface area contributed by atoms with Crippen LogP contribution in [0.1, 0.15) is 35.2 Å². The number of amides is 1. The van der Waals surface area contributed by atoms with Gasteiger partial charge in [0, 0.05) is 17.1 Å². The van der Waals surface area contributed by atoms with Gasteiger partial charge in [0.1, 0.15) is 5.15 Å². The zero-order valence-corrected chi connectivity index (χ0v) is 13.9. The maximum absolute atomic E-state index is 12.4. The smallest absolute Gasteiger partial charge is 0.228 e. The van der Waals surface area contributed by atoms with Gasteiger partial charge in [-0.15, -0.1) is 0 Å². The number of benzene rings is 1. The highest BCUT2D eigenvalue weighted by molar-refractivity contribution is 6.30. The Morgan fingerprint density at radius 1 is 1.26 bits per heavy atom. The van der Waals surface area contributed by atoms with E-state index in [1.807, 2.05) is 18.2 Å². The zero-order chi connectivity index (χ0) is 16.6. The summed E-state index contributed by atoms with van der Waals surface area (Å²) in [5, 5.41) is 3.68. The molecule has 1 fully saturated rings. The van der Waals surface area contributed by atoms with Gasteiger partial charge < -0.3 is 5.32 Å². The quantitative estimate of drug-likeness (QED) is 0.660. The van der Waals surface area contributed by atoms with Crippen molar-refractivity contribution in [3.05, 3.63) is 57.8 Å². The Labute approximate surface area is 143 Å². The molecule has 0 saturated heterocycles. The summed E-state index contributed by atoms with van der Waals surface area (Å²) >= 11 is 11.8. The molecule has 0 spiro atoms. The molecule has 1 aromatic heterocycles. The zero-order valence-electron chi connectivity index (χ0n) is 12.3. The Hall–Kier alpha value is -1.91. The Morgan fingerprint density at radius 3 is 2.74 bits per heavy atom. The van der Waals surface area contributed by atoms with Crippen LogP contribution in [0.15, 0.2) is 36.5 Å². The minimum atomic E-state index is -0.174. The van der Waals surface area contributed by atoms with Gasteiger partial charge in [0.2, 0.25) is 5.91 Å². The molecule has 0 unspecified atom stereocenters. The number of nitrogens with zero attached hydrogens (tertiary/aromatic N) is 1. The number of carbonyl (C=O) groups excluding carboxylic acids is 2. The molecule has 23 heavy (non-hydrogen) atoms. The summed E-state index contributed by atoms with van der Waals surface area (Å²) in [4.78, 5) is 27.9. The maximum Gasteiger partial charge on any atom is 0.228 e. The van der Waals surface area contributed by atoms with Gasteiger partial charge in [-0.25, -0.2) is 4.98 Å². The first-order chi connectivity index (χ1) is 11.0. The number of aromatic nitrogens is 1. The molecule has 6 heteroatoms. The number of halogens is 2. The molecule has 0 radical (unpaired) electrons. The largest absolute Gasteiger partial charge is 0.325 e. The fourth-order valence-corrected chi connectivity index (χ4v) is 2.99. The van der Waals surface area contributed by atoms with Crippen LogP contribution in [-0.2, 0) is 4.79 Å². The lowest BCUT2D eigenvalue weighted by Gasteiger charge is -2.09. The van der Waals surface area contributed by atoms with Crippen molar-refractivity contribution in [2.45, 2.75) is 19.3 Å². The van der Waals surface area contributed by atoms with Gasteiger partial charge in [-0.1, -0.05) is 35.3 Å². The first-order valence-corrected chi connectivity index (χ1v) is 7.94. The predicted molar refractivity (Wildman–Crippen MR) is 90.2 cm³/mol. The molecule has 2 aromatic rings. The number of Topliss-reactive ketones (excluding diaryl/α,β-unsaturated/α-hetero) is 1. The monoisotopic (exact) mass is 348 g/mol. The third kappa shape index (κ3) is 3.54. The molecule has 118 valence electrons. The first kappa shape index (κ1) is 16.0. The van der Waals surface area contributed by atoms with Gasteiger partial charge in [0.15, 0.2) is 5.78 Å². The van der Waals surface area contributed by atoms with Crippen molar-refractivity contribution in [1.29, 1.82) is 0 Å². The summed E-state index contributed by atoms with van der Waals surface area (Å²) in [6.45, 7) is 1.42. The van der Waals surface area contributed by atoms with Gasteiger partial charge in [0.05, 0.1) is 11.3 Å². The van der Waals surface area contributed by atoms with E-state index in [9.17, 15) is 9.59 Å². The molecule has 1 amide bonds. The van der Waals surface area contributed by atoms with Crippen LogP contribution in [0, 0.1) is 5.92 Å². The number of rotatable bonds is 4. The number of hydrogen-bond donors (Lipinski definition) is 1. The number of nitrogens with one attached hydrogen (secondary N) is 1. The highest BCUT2D eigenvalue weighted by Gasteiger charge is 2.44. The van der Waals surface area contributed by atoms with Crippen molar-refractivity contribution in [2.24, 2.45) is 5.92 Å². The molecule has 4 nitrogen and oxygen atoms in total. The van der Waals surface area contributed by atoms with E-state index in [2.05, 4.69) is 10.3 Å². The Morgan fingerprint density at radius 2 is 2.04 bits per heavy atom. The summed E-state index contributed by atoms with van der Waals surface area (Å²) in [7, 11) is 0. The van der Waals surface area contributed by atoms with E-state index in [1.165, 1.54) is 19.2 Å². The van der Waals surface area contributed by atoms with E-state index in [0.29, 0.717) is 16.3 Å². The number of pyridine rings is 1. The molecule has 1 saturated carbocycles. The minimum absolute atomic E-state index is 0.125. The SMILES string of the molecule is CC(=O)c1cnc(Cl)cc1NC(=O)[C@H]1C[C@@H]1c1cccc(Cl)c1. The van der Waals surface area contributed by atoms with E-state index in [-0.39, 0.29) is 28.7 Å². The molecule has 0 bridgehead atoms. The molecular formula is C17H14Cl2N2O2. The Balaban J connectivity index is 1.74. The van der Waals surface area contributed by atoms with Crippen LogP contribution in [0.5, 0.6) is 0 Å². The molecule has 1 N–H and O–H groups in total. The predicted octanol–water partition coefficient (Wildman–Crippen LogP) is 4.33. The molecule has 1 aromatic carbocycles. The van der Waals surface area contributed by atoms with Gasteiger partial charge in [-0.3, -0.25) is 9.59 Å². The molecule has 0 aliphatic heterocycles. The van der Waals surface area contributed by atoms with E-state index < -0.39 is 0 Å². The Kier molecular flexibility index (Phi) is 4.37. The maximum atomic E-state index is 12.4. The topological polar surface area (TPSA) is 59.1 Å². The first-order valence-electron chi connectivity index (χ1n) is 7.18. The van der Waals surface area contributed by atoms with Gasteiger partial charge >= 0.3 is 0 Å². The lowest BCUT2D eigenvalue weighted by atomic mass is 10.1. The van der Waals surface area contributed by atoms with Gasteiger partial charge in [0.25, 0.3) is 0 Å². The molecule has 1 aliphatic rings. The third-order valence-electron chi connectivity index (χ3n) is 3.91. The number of hydrogen-bond acceptors (Lipinski definition) is 3. The number of anilines is 1. The van der Waals surface area contributed by atoms with E-state index >= 15 is 0 Å². The van der Waals surface area contributed by atoms with Crippen LogP contribution in [0.3, 0.4) is 0 Å². The lowest BCUT2D eigenvalue weighted by molar-refractivity contribution is -0.117. The highest BCUT2D eigenvalue weighted by atomic mass is 35.5. The summed E-state index contributed by atoms with van der Waals surface area (Å²) in [6.07, 6.45) is 2.14. The fraction of sp³-hybridized carbons (Fsp3) is 0.235. The number of carbonyl (C=O) groups is 2. The lowest BCUT2D eigenvalue weighted by Crippen LogP contribution is -2.17. The molecule has 3 rings (SSSR count). The standard InChI is InChI=1S/C17H14Cl2N2O2/c1-9(22)14-8-20-16(19)7-15(14)21-17(23)13-6-12(13)10-3-2-4-11(18)5-10/h2-5,7-8,12-13H,6H2,1H3,(H,20,21,23)/t12-,13+/m1/s1. The van der Waals surface area contributed by atoms with Crippen molar-refractivity contribution >= 4 is 40.6 Å². The van der Waals surface area contributed by atoms with Crippen molar-refractivity contribution in [3.63, 3.8) is 0 Å². The molecule has 2 atom stereocenters. The average molecular weight is 349 g/mol. The summed E-state index contributed by atoms with van der Waals surface area (Å²) in [5.74, 6) is -0.265. The van der Waals surface area contributed by atoms with Crippen molar-refractivity contribution in [3.8, 4) is 0 Å². The summed E-state index contributed by atoms with van der Waals surface area (Å²) in [6, 6.07) is 9.02. The van der Waals surface area contributed by atoms with Crippen molar-refractivity contribution in [1.82, 2.24) is 4.98 Å². The van der Waals surface area contributed by atoms with Gasteiger partial charge in [-0.05, 0) is 43.0 Å². The third-order valence-corrected chi connectivity index (χ3v) is 4.35. The minimum Gasteiger partial charge on any atom is -0.325 e. The second-order valence-electron chi connectivity index (χ2n) is 5.60. The summed E-state index contributed by atoms with van der Waals surface area (Å²) in [5.41, 5.74) is 1.80. The highest BCUT2D eigenvalue weighted by Crippen LogP contribution is 2.48. The normalized spacial score (nSPS) is 19.3. The van der Waals surface area contributed by atoms with Gasteiger partial charge in [-0.2, -0.15) is 0 Å². The van der Waals surface area contributed by atoms with Crippen LogP contribution >= 0.6 is 23.2 Å². The summed E-state index contributed by atoms with van der Waals surface area (Å²) < 4.78 is 0. The van der Waals surface area contributed by atoms with E-state index in [1.54, 1.807) is 6.07 Å². The van der Waals surface area contributed by atoms with Crippen LogP contribution in [0.2, 0.25) is 10.2 Å². The second kappa shape index (κ2) is 6.30. The average Bonchev–Trinajstić information content (AvgIpc) is 3.27. The van der Waals surface area contributed by atoms with Crippen LogP contribution in [0.25, 0.3) is 0 Å². The second-order valence-corrected chi connectivity index (χ2v) is 6.43. The molecule has 1 heterocycles. The number of ketones is 1. The fourth-order valence-electron chi connectivity index (χ4n) is 2.63. The van der Waals surface area contributed by atoms with Crippen molar-refractivity contribution in [2.75, 3.05) is 5.32 Å². The van der Waals surface area contributed by atoms with Crippen LogP contribution in [0.4, 0.5) is 5.69 Å². The van der Waals surface area contributed by atoms with Crippen molar-refractivity contribution < 1.29 is 9.59 Å². The van der Waals surface area contributed by atoms with E-state index in [4.69, 9.17) is 23.2 Å². The molecule has 1 aliphatic carbocycles.